The summed E-state index contributed by atoms with van der Waals surface area (Å²) >= 11 is 0. The third-order valence-corrected chi connectivity index (χ3v) is 1.95. The molecule has 7 nitrogen and oxygen atoms in total. The SMILES string of the molecule is CCNC(=O)CNc1cc(C(F)(F)F)nc(NN)n1. The lowest BCUT2D eigenvalue weighted by Crippen LogP contribution is -2.30. The predicted octanol–water partition coefficient (Wildman–Crippen LogP) is 0.329. The van der Waals surface area contributed by atoms with Crippen LogP contribution in [0.4, 0.5) is 24.9 Å². The first kappa shape index (κ1) is 15.0. The second-order valence-electron chi connectivity index (χ2n) is 3.41. The number of nitrogens with two attached hydrogens (primary N) is 1. The van der Waals surface area contributed by atoms with E-state index in [2.05, 4.69) is 20.6 Å². The fourth-order valence-corrected chi connectivity index (χ4v) is 1.18. The maximum absolute atomic E-state index is 12.5. The van der Waals surface area contributed by atoms with Gasteiger partial charge in [-0.15, -0.1) is 0 Å². The van der Waals surface area contributed by atoms with Crippen LogP contribution in [0.5, 0.6) is 0 Å². The molecule has 1 aromatic heterocycles. The quantitative estimate of drug-likeness (QED) is 0.457. The van der Waals surface area contributed by atoms with Crippen LogP contribution in [-0.4, -0.2) is 29.0 Å². The highest BCUT2D eigenvalue weighted by Crippen LogP contribution is 2.29. The minimum Gasteiger partial charge on any atom is -0.361 e. The number of carbonyl (C=O) groups excluding carboxylic acids is 1. The Hall–Kier alpha value is -2.10. The second kappa shape index (κ2) is 6.18. The summed E-state index contributed by atoms with van der Waals surface area (Å²) in [5.41, 5.74) is 0.771. The number of likely N-dealkylation sites (N-methyl/N-ethyl adjacent to an activating group) is 1. The van der Waals surface area contributed by atoms with Crippen molar-refractivity contribution in [1.29, 1.82) is 0 Å². The maximum atomic E-state index is 12.5. The molecule has 0 aliphatic carbocycles. The molecule has 5 N–H and O–H groups in total. The number of aromatic nitrogens is 2. The molecule has 0 aliphatic heterocycles. The van der Waals surface area contributed by atoms with E-state index in [1.165, 1.54) is 0 Å². The molecule has 0 saturated carbocycles. The van der Waals surface area contributed by atoms with Crippen LogP contribution in [0.2, 0.25) is 0 Å². The number of carbonyl (C=O) groups is 1. The monoisotopic (exact) mass is 278 g/mol. The van der Waals surface area contributed by atoms with Gasteiger partial charge >= 0.3 is 6.18 Å². The molecule has 0 bridgehead atoms. The molecule has 0 saturated heterocycles. The van der Waals surface area contributed by atoms with Gasteiger partial charge in [0.05, 0.1) is 6.54 Å². The number of rotatable bonds is 5. The minimum atomic E-state index is -4.63. The average molecular weight is 278 g/mol. The van der Waals surface area contributed by atoms with Crippen molar-refractivity contribution in [1.82, 2.24) is 15.3 Å². The Labute approximate surface area is 106 Å². The summed E-state index contributed by atoms with van der Waals surface area (Å²) in [6.07, 6.45) is -4.63. The van der Waals surface area contributed by atoms with Crippen LogP contribution in [0.1, 0.15) is 12.6 Å². The molecule has 10 heteroatoms. The smallest absolute Gasteiger partial charge is 0.361 e. The van der Waals surface area contributed by atoms with Gasteiger partial charge in [-0.3, -0.25) is 10.2 Å². The van der Waals surface area contributed by atoms with Crippen molar-refractivity contribution in [3.8, 4) is 0 Å². The third-order valence-electron chi connectivity index (χ3n) is 1.95. The number of amides is 1. The van der Waals surface area contributed by atoms with E-state index in [0.29, 0.717) is 12.6 Å². The highest BCUT2D eigenvalue weighted by molar-refractivity contribution is 5.80. The molecule has 1 heterocycles. The lowest BCUT2D eigenvalue weighted by atomic mass is 10.3. The van der Waals surface area contributed by atoms with E-state index in [1.54, 1.807) is 6.92 Å². The maximum Gasteiger partial charge on any atom is 0.433 e. The van der Waals surface area contributed by atoms with Gasteiger partial charge in [-0.25, -0.2) is 10.8 Å². The Morgan fingerprint density at radius 3 is 2.63 bits per heavy atom. The molecule has 19 heavy (non-hydrogen) atoms. The number of hydrogen-bond acceptors (Lipinski definition) is 6. The summed E-state index contributed by atoms with van der Waals surface area (Å²) in [6.45, 7) is 1.95. The molecule has 0 radical (unpaired) electrons. The van der Waals surface area contributed by atoms with Crippen molar-refractivity contribution >= 4 is 17.7 Å². The molecule has 0 fully saturated rings. The summed E-state index contributed by atoms with van der Waals surface area (Å²) in [4.78, 5) is 18.0. The van der Waals surface area contributed by atoms with Crippen molar-refractivity contribution in [3.63, 3.8) is 0 Å². The molecule has 106 valence electrons. The Kier molecular flexibility index (Phi) is 4.87. The number of nitrogens with one attached hydrogen (secondary N) is 3. The first-order valence-corrected chi connectivity index (χ1v) is 5.30. The van der Waals surface area contributed by atoms with Gasteiger partial charge in [-0.1, -0.05) is 0 Å². The van der Waals surface area contributed by atoms with Crippen LogP contribution >= 0.6 is 0 Å². The summed E-state index contributed by atoms with van der Waals surface area (Å²) in [7, 11) is 0. The van der Waals surface area contributed by atoms with E-state index in [9.17, 15) is 18.0 Å². The molecule has 0 aliphatic rings. The van der Waals surface area contributed by atoms with E-state index in [1.807, 2.05) is 5.43 Å². The predicted molar refractivity (Wildman–Crippen MR) is 62.0 cm³/mol. The lowest BCUT2D eigenvalue weighted by molar-refractivity contribution is -0.141. The fourth-order valence-electron chi connectivity index (χ4n) is 1.18. The van der Waals surface area contributed by atoms with Gasteiger partial charge in [0, 0.05) is 12.6 Å². The number of hydrazine groups is 1. The van der Waals surface area contributed by atoms with Gasteiger partial charge in [0.15, 0.2) is 5.69 Å². The highest BCUT2D eigenvalue weighted by atomic mass is 19.4. The summed E-state index contributed by atoms with van der Waals surface area (Å²) in [5, 5.41) is 4.94. The van der Waals surface area contributed by atoms with E-state index in [-0.39, 0.29) is 18.3 Å². The topological polar surface area (TPSA) is 105 Å². The van der Waals surface area contributed by atoms with Gasteiger partial charge in [-0.05, 0) is 6.92 Å². The van der Waals surface area contributed by atoms with Crippen molar-refractivity contribution in [3.05, 3.63) is 11.8 Å². The zero-order valence-corrected chi connectivity index (χ0v) is 10.0. The molecule has 1 rings (SSSR count). The molecule has 0 aromatic carbocycles. The second-order valence-corrected chi connectivity index (χ2v) is 3.41. The van der Waals surface area contributed by atoms with Crippen LogP contribution in [-0.2, 0) is 11.0 Å². The number of anilines is 2. The molecule has 0 atom stereocenters. The Morgan fingerprint density at radius 2 is 2.11 bits per heavy atom. The highest BCUT2D eigenvalue weighted by Gasteiger charge is 2.33. The van der Waals surface area contributed by atoms with E-state index >= 15 is 0 Å². The summed E-state index contributed by atoms with van der Waals surface area (Å²) in [6, 6.07) is 0.695. The third kappa shape index (κ3) is 4.58. The summed E-state index contributed by atoms with van der Waals surface area (Å²) < 4.78 is 37.6. The van der Waals surface area contributed by atoms with Crippen LogP contribution in [0.3, 0.4) is 0 Å². The van der Waals surface area contributed by atoms with Crippen molar-refractivity contribution in [2.75, 3.05) is 23.8 Å². The zero-order chi connectivity index (χ0) is 14.5. The summed E-state index contributed by atoms with van der Waals surface area (Å²) in [5.74, 6) is 4.07. The van der Waals surface area contributed by atoms with Crippen molar-refractivity contribution in [2.45, 2.75) is 13.1 Å². The minimum absolute atomic E-state index is 0.151. The fraction of sp³-hybridized carbons (Fsp3) is 0.444. The number of hydrogen-bond donors (Lipinski definition) is 4. The normalized spacial score (nSPS) is 11.0. The van der Waals surface area contributed by atoms with Gasteiger partial charge in [-0.2, -0.15) is 18.2 Å². The van der Waals surface area contributed by atoms with Gasteiger partial charge in [0.2, 0.25) is 11.9 Å². The van der Waals surface area contributed by atoms with E-state index in [4.69, 9.17) is 5.84 Å². The standard InChI is InChI=1S/C9H13F3N6O/c1-2-14-7(19)4-15-6-3-5(9(10,11)12)16-8(17-6)18-13/h3H,2,4,13H2,1H3,(H,14,19)(H2,15,16,17,18). The van der Waals surface area contributed by atoms with Gasteiger partial charge < -0.3 is 10.6 Å². The van der Waals surface area contributed by atoms with Crippen LogP contribution in [0, 0.1) is 0 Å². The van der Waals surface area contributed by atoms with Gasteiger partial charge in [0.25, 0.3) is 0 Å². The number of halogens is 3. The number of alkyl halides is 3. The molecule has 1 amide bonds. The number of nitrogen functional groups attached to an aromatic ring is 1. The average Bonchev–Trinajstić information content (AvgIpc) is 2.35. The molecular formula is C9H13F3N6O. The van der Waals surface area contributed by atoms with Crippen LogP contribution in [0.25, 0.3) is 0 Å². The molecule has 1 aromatic rings. The Balaban J connectivity index is 2.86. The van der Waals surface area contributed by atoms with E-state index in [0.717, 1.165) is 0 Å². The molecular weight excluding hydrogens is 265 g/mol. The first-order chi connectivity index (χ1) is 8.86. The largest absolute Gasteiger partial charge is 0.433 e. The van der Waals surface area contributed by atoms with E-state index < -0.39 is 17.8 Å². The van der Waals surface area contributed by atoms with Crippen molar-refractivity contribution in [2.24, 2.45) is 5.84 Å². The van der Waals surface area contributed by atoms with Crippen LogP contribution in [0.15, 0.2) is 6.07 Å². The van der Waals surface area contributed by atoms with Crippen molar-refractivity contribution < 1.29 is 18.0 Å². The first-order valence-electron chi connectivity index (χ1n) is 5.30. The lowest BCUT2D eigenvalue weighted by Gasteiger charge is -2.11. The number of nitrogens with zero attached hydrogens (tertiary/aromatic N) is 2. The Morgan fingerprint density at radius 1 is 1.42 bits per heavy atom. The Bertz CT molecular complexity index is 450. The zero-order valence-electron chi connectivity index (χ0n) is 10.0. The van der Waals surface area contributed by atoms with Gasteiger partial charge in [0.1, 0.15) is 5.82 Å². The van der Waals surface area contributed by atoms with Crippen LogP contribution < -0.4 is 21.9 Å². The molecule has 0 unspecified atom stereocenters. The molecule has 0 spiro atoms.